The number of rotatable bonds is 3. The largest absolute Gasteiger partial charge is 0.386 e. The SMILES string of the molecule is O=C(NCC1(O)CSCCSC1)c1cccs1. The monoisotopic (exact) mass is 289 g/mol. The maximum atomic E-state index is 11.8. The number of hydrogen-bond acceptors (Lipinski definition) is 5. The van der Waals surface area contributed by atoms with Gasteiger partial charge in [0.15, 0.2) is 0 Å². The van der Waals surface area contributed by atoms with E-state index in [-0.39, 0.29) is 5.91 Å². The molecule has 1 aromatic rings. The van der Waals surface area contributed by atoms with Crippen molar-refractivity contribution in [3.8, 4) is 0 Å². The first kappa shape index (κ1) is 13.3. The molecule has 2 heterocycles. The van der Waals surface area contributed by atoms with Crippen molar-refractivity contribution in [3.05, 3.63) is 22.4 Å². The Hall–Kier alpha value is -0.170. The molecular weight excluding hydrogens is 274 g/mol. The summed E-state index contributed by atoms with van der Waals surface area (Å²) in [5.74, 6) is 3.46. The summed E-state index contributed by atoms with van der Waals surface area (Å²) < 4.78 is 0. The summed E-state index contributed by atoms with van der Waals surface area (Å²) in [4.78, 5) is 12.4. The van der Waals surface area contributed by atoms with E-state index in [0.717, 1.165) is 11.5 Å². The fourth-order valence-corrected chi connectivity index (χ4v) is 4.69. The van der Waals surface area contributed by atoms with Crippen molar-refractivity contribution >= 4 is 40.8 Å². The third kappa shape index (κ3) is 3.91. The summed E-state index contributed by atoms with van der Waals surface area (Å²) in [6.45, 7) is 0.337. The lowest BCUT2D eigenvalue weighted by molar-refractivity contribution is 0.0756. The number of amides is 1. The van der Waals surface area contributed by atoms with Crippen molar-refractivity contribution in [3.63, 3.8) is 0 Å². The van der Waals surface area contributed by atoms with Crippen molar-refractivity contribution in [2.24, 2.45) is 0 Å². The predicted octanol–water partition coefficient (Wildman–Crippen LogP) is 1.69. The molecule has 2 N–H and O–H groups in total. The fraction of sp³-hybridized carbons (Fsp3) is 0.545. The number of thiophene rings is 1. The van der Waals surface area contributed by atoms with Crippen LogP contribution in [-0.2, 0) is 0 Å². The van der Waals surface area contributed by atoms with Crippen LogP contribution in [0.15, 0.2) is 17.5 Å². The van der Waals surface area contributed by atoms with Crippen LogP contribution in [0.5, 0.6) is 0 Å². The number of thioether (sulfide) groups is 2. The van der Waals surface area contributed by atoms with Crippen LogP contribution in [0.1, 0.15) is 9.67 Å². The Morgan fingerprint density at radius 1 is 1.41 bits per heavy atom. The molecule has 0 aromatic carbocycles. The van der Waals surface area contributed by atoms with Crippen molar-refractivity contribution in [1.29, 1.82) is 0 Å². The first-order chi connectivity index (χ1) is 8.20. The van der Waals surface area contributed by atoms with E-state index < -0.39 is 5.60 Å². The van der Waals surface area contributed by atoms with E-state index in [0.29, 0.717) is 22.9 Å². The Labute approximate surface area is 113 Å². The molecule has 0 bridgehead atoms. The van der Waals surface area contributed by atoms with Crippen molar-refractivity contribution < 1.29 is 9.90 Å². The summed E-state index contributed by atoms with van der Waals surface area (Å²) >= 11 is 4.92. The molecule has 1 fully saturated rings. The molecule has 1 aliphatic rings. The van der Waals surface area contributed by atoms with E-state index in [1.54, 1.807) is 29.6 Å². The van der Waals surface area contributed by atoms with Crippen LogP contribution < -0.4 is 5.32 Å². The molecule has 17 heavy (non-hydrogen) atoms. The smallest absolute Gasteiger partial charge is 0.261 e. The van der Waals surface area contributed by atoms with Crippen molar-refractivity contribution in [2.75, 3.05) is 29.6 Å². The van der Waals surface area contributed by atoms with Crippen LogP contribution in [0.25, 0.3) is 0 Å². The number of carbonyl (C=O) groups excluding carboxylic acids is 1. The highest BCUT2D eigenvalue weighted by atomic mass is 32.2. The maximum absolute atomic E-state index is 11.8. The summed E-state index contributed by atoms with van der Waals surface area (Å²) in [6, 6.07) is 3.65. The van der Waals surface area contributed by atoms with E-state index in [1.807, 2.05) is 11.4 Å². The quantitative estimate of drug-likeness (QED) is 0.889. The Morgan fingerprint density at radius 3 is 2.71 bits per heavy atom. The highest BCUT2D eigenvalue weighted by Gasteiger charge is 2.29. The highest BCUT2D eigenvalue weighted by molar-refractivity contribution is 8.03. The third-order valence-corrected chi connectivity index (χ3v) is 6.03. The second kappa shape index (κ2) is 6.13. The van der Waals surface area contributed by atoms with Crippen LogP contribution in [0.2, 0.25) is 0 Å². The molecule has 3 nitrogen and oxygen atoms in total. The van der Waals surface area contributed by atoms with Gasteiger partial charge in [-0.1, -0.05) is 6.07 Å². The molecule has 1 aliphatic heterocycles. The highest BCUT2D eigenvalue weighted by Crippen LogP contribution is 2.24. The topological polar surface area (TPSA) is 49.3 Å². The van der Waals surface area contributed by atoms with Crippen LogP contribution >= 0.6 is 34.9 Å². The van der Waals surface area contributed by atoms with Crippen LogP contribution in [-0.4, -0.2) is 46.2 Å². The Balaban J connectivity index is 1.86. The van der Waals surface area contributed by atoms with Gasteiger partial charge < -0.3 is 10.4 Å². The molecule has 94 valence electrons. The second-order valence-corrected chi connectivity index (χ2v) is 7.15. The van der Waals surface area contributed by atoms with Gasteiger partial charge in [-0.15, -0.1) is 11.3 Å². The van der Waals surface area contributed by atoms with E-state index in [1.165, 1.54) is 11.3 Å². The van der Waals surface area contributed by atoms with Crippen molar-refractivity contribution in [1.82, 2.24) is 5.32 Å². The Kier molecular flexibility index (Phi) is 4.78. The van der Waals surface area contributed by atoms with E-state index in [2.05, 4.69) is 5.32 Å². The van der Waals surface area contributed by atoms with Gasteiger partial charge in [-0.3, -0.25) is 4.79 Å². The first-order valence-corrected chi connectivity index (χ1v) is 8.58. The average Bonchev–Trinajstić information content (AvgIpc) is 2.77. The minimum atomic E-state index is -0.765. The number of carbonyl (C=O) groups is 1. The van der Waals surface area contributed by atoms with Gasteiger partial charge in [0.25, 0.3) is 5.91 Å². The van der Waals surface area contributed by atoms with Gasteiger partial charge in [0.1, 0.15) is 0 Å². The molecule has 0 unspecified atom stereocenters. The zero-order valence-corrected chi connectivity index (χ0v) is 11.8. The predicted molar refractivity (Wildman–Crippen MR) is 76.3 cm³/mol. The van der Waals surface area contributed by atoms with Crippen molar-refractivity contribution in [2.45, 2.75) is 5.60 Å². The standard InChI is InChI=1S/C11H15NO2S3/c13-10(9-2-1-3-17-9)12-6-11(14)7-15-4-5-16-8-11/h1-3,14H,4-8H2,(H,12,13). The lowest BCUT2D eigenvalue weighted by Gasteiger charge is -2.25. The summed E-state index contributed by atoms with van der Waals surface area (Å²) in [7, 11) is 0. The molecule has 0 radical (unpaired) electrons. The summed E-state index contributed by atoms with van der Waals surface area (Å²) in [5, 5.41) is 15.0. The van der Waals surface area contributed by atoms with Crippen LogP contribution in [0.3, 0.4) is 0 Å². The summed E-state index contributed by atoms with van der Waals surface area (Å²) in [5.41, 5.74) is -0.765. The van der Waals surface area contributed by atoms with Gasteiger partial charge in [-0.25, -0.2) is 0 Å². The number of nitrogens with one attached hydrogen (secondary N) is 1. The van der Waals surface area contributed by atoms with Gasteiger partial charge in [-0.05, 0) is 11.4 Å². The van der Waals surface area contributed by atoms with Crippen LogP contribution in [0.4, 0.5) is 0 Å². The van der Waals surface area contributed by atoms with Gasteiger partial charge in [-0.2, -0.15) is 23.5 Å². The molecule has 2 rings (SSSR count). The zero-order valence-electron chi connectivity index (χ0n) is 9.35. The molecule has 0 spiro atoms. The summed E-state index contributed by atoms with van der Waals surface area (Å²) in [6.07, 6.45) is 0. The molecule has 0 saturated carbocycles. The third-order valence-electron chi connectivity index (χ3n) is 2.44. The molecule has 1 amide bonds. The molecule has 0 atom stereocenters. The lowest BCUT2D eigenvalue weighted by Crippen LogP contribution is -2.46. The number of aliphatic hydroxyl groups is 1. The second-order valence-electron chi connectivity index (χ2n) is 3.99. The normalized spacial score (nSPS) is 19.6. The maximum Gasteiger partial charge on any atom is 0.261 e. The molecular formula is C11H15NO2S3. The molecule has 1 saturated heterocycles. The lowest BCUT2D eigenvalue weighted by atomic mass is 10.1. The molecule has 0 aliphatic carbocycles. The van der Waals surface area contributed by atoms with Gasteiger partial charge >= 0.3 is 0 Å². The van der Waals surface area contributed by atoms with E-state index in [9.17, 15) is 9.90 Å². The first-order valence-electron chi connectivity index (χ1n) is 5.39. The van der Waals surface area contributed by atoms with Crippen LogP contribution in [0, 0.1) is 0 Å². The van der Waals surface area contributed by atoms with Gasteiger partial charge in [0.05, 0.1) is 10.5 Å². The average molecular weight is 289 g/mol. The fourth-order valence-electron chi connectivity index (χ4n) is 1.53. The molecule has 1 aromatic heterocycles. The van der Waals surface area contributed by atoms with E-state index >= 15 is 0 Å². The minimum Gasteiger partial charge on any atom is -0.386 e. The van der Waals surface area contributed by atoms with Gasteiger partial charge in [0, 0.05) is 29.6 Å². The number of hydrogen-bond donors (Lipinski definition) is 2. The van der Waals surface area contributed by atoms with Gasteiger partial charge in [0.2, 0.25) is 0 Å². The zero-order chi connectivity index (χ0) is 12.1. The Morgan fingerprint density at radius 2 is 2.12 bits per heavy atom. The Bertz CT molecular complexity index is 359. The minimum absolute atomic E-state index is 0.0901. The molecule has 6 heteroatoms. The van der Waals surface area contributed by atoms with E-state index in [4.69, 9.17) is 0 Å².